The third-order valence-corrected chi connectivity index (χ3v) is 1.57. The monoisotopic (exact) mass is 168 g/mol. The fourth-order valence-corrected chi connectivity index (χ4v) is 0.921. The first-order valence-corrected chi connectivity index (χ1v) is 3.55. The van der Waals surface area contributed by atoms with Crippen molar-refractivity contribution >= 4 is 5.78 Å². The van der Waals surface area contributed by atoms with Gasteiger partial charge in [-0.1, -0.05) is 18.2 Å². The zero-order valence-electron chi connectivity index (χ0n) is 6.62. The van der Waals surface area contributed by atoms with Crippen molar-refractivity contribution in [1.29, 1.82) is 0 Å². The van der Waals surface area contributed by atoms with E-state index in [2.05, 4.69) is 0 Å². The minimum Gasteiger partial charge on any atom is -0.508 e. The fourth-order valence-electron chi connectivity index (χ4n) is 0.921. The summed E-state index contributed by atoms with van der Waals surface area (Å²) in [6.45, 7) is 1.15. The van der Waals surface area contributed by atoms with Crippen LogP contribution in [0, 0.1) is 0 Å². The maximum atomic E-state index is 13.0. The summed E-state index contributed by atoms with van der Waals surface area (Å²) in [5.74, 6) is -0.781. The maximum absolute atomic E-state index is 13.0. The second-order valence-electron chi connectivity index (χ2n) is 2.53. The molecule has 2 nitrogen and oxygen atoms in total. The lowest BCUT2D eigenvalue weighted by molar-refractivity contribution is -0.121. The van der Waals surface area contributed by atoms with Crippen LogP contribution in [0.5, 0.6) is 5.75 Å². The van der Waals surface area contributed by atoms with Crippen molar-refractivity contribution in [1.82, 2.24) is 0 Å². The lowest BCUT2D eigenvalue weighted by Gasteiger charge is -2.05. The van der Waals surface area contributed by atoms with E-state index in [4.69, 9.17) is 5.11 Å². The second-order valence-corrected chi connectivity index (χ2v) is 2.53. The van der Waals surface area contributed by atoms with Gasteiger partial charge in [0.15, 0.2) is 12.0 Å². The van der Waals surface area contributed by atoms with Gasteiger partial charge in [0.25, 0.3) is 0 Å². The third kappa shape index (κ3) is 1.61. The molecular formula is C9H9FO2. The van der Waals surface area contributed by atoms with E-state index in [1.807, 2.05) is 0 Å². The molecule has 1 aromatic rings. The van der Waals surface area contributed by atoms with E-state index in [0.29, 0.717) is 0 Å². The van der Waals surface area contributed by atoms with Crippen molar-refractivity contribution in [2.45, 2.75) is 13.1 Å². The summed E-state index contributed by atoms with van der Waals surface area (Å²) >= 11 is 0. The Labute approximate surface area is 69.6 Å². The fraction of sp³-hybridized carbons (Fsp3) is 0.222. The average Bonchev–Trinajstić information content (AvgIpc) is 2.04. The molecule has 0 amide bonds. The van der Waals surface area contributed by atoms with Gasteiger partial charge in [-0.3, -0.25) is 4.79 Å². The number of aromatic hydroxyl groups is 1. The summed E-state index contributed by atoms with van der Waals surface area (Å²) in [6, 6.07) is 5.89. The molecule has 0 fully saturated rings. The first-order valence-electron chi connectivity index (χ1n) is 3.55. The van der Waals surface area contributed by atoms with Gasteiger partial charge in [0.1, 0.15) is 5.75 Å². The number of halogens is 1. The Morgan fingerprint density at radius 3 is 2.58 bits per heavy atom. The van der Waals surface area contributed by atoms with Gasteiger partial charge in [0.2, 0.25) is 0 Å². The van der Waals surface area contributed by atoms with Crippen LogP contribution in [0.25, 0.3) is 0 Å². The Kier molecular flexibility index (Phi) is 2.43. The van der Waals surface area contributed by atoms with E-state index in [1.54, 1.807) is 12.1 Å². The van der Waals surface area contributed by atoms with Gasteiger partial charge in [-0.05, 0) is 13.0 Å². The number of alkyl halides is 1. The van der Waals surface area contributed by atoms with Crippen LogP contribution in [-0.4, -0.2) is 10.9 Å². The topological polar surface area (TPSA) is 37.3 Å². The van der Waals surface area contributed by atoms with Crippen LogP contribution in [0.1, 0.15) is 18.7 Å². The van der Waals surface area contributed by atoms with Crippen molar-refractivity contribution in [2.24, 2.45) is 0 Å². The molecule has 3 heteroatoms. The van der Waals surface area contributed by atoms with E-state index < -0.39 is 12.0 Å². The van der Waals surface area contributed by atoms with Crippen molar-refractivity contribution < 1.29 is 14.3 Å². The smallest absolute Gasteiger partial charge is 0.186 e. The van der Waals surface area contributed by atoms with E-state index in [9.17, 15) is 9.18 Å². The van der Waals surface area contributed by atoms with Gasteiger partial charge in [-0.25, -0.2) is 4.39 Å². The highest BCUT2D eigenvalue weighted by Gasteiger charge is 2.17. The highest BCUT2D eigenvalue weighted by Crippen LogP contribution is 2.26. The number of carbonyl (C=O) groups is 1. The first-order chi connectivity index (χ1) is 5.63. The van der Waals surface area contributed by atoms with Crippen LogP contribution in [-0.2, 0) is 4.79 Å². The second kappa shape index (κ2) is 3.34. The van der Waals surface area contributed by atoms with E-state index in [1.165, 1.54) is 12.1 Å². The molecule has 0 spiro atoms. The number of phenolic OH excluding ortho intramolecular Hbond substituents is 1. The normalized spacial score (nSPS) is 12.5. The molecule has 64 valence electrons. The number of hydrogen-bond donors (Lipinski definition) is 1. The minimum atomic E-state index is -1.72. The van der Waals surface area contributed by atoms with E-state index >= 15 is 0 Å². The number of carbonyl (C=O) groups excluding carboxylic acids is 1. The molecule has 0 saturated heterocycles. The van der Waals surface area contributed by atoms with Crippen LogP contribution < -0.4 is 0 Å². The van der Waals surface area contributed by atoms with Gasteiger partial charge in [0, 0.05) is 5.56 Å². The SMILES string of the molecule is CC(=O)C(F)c1ccccc1O. The molecule has 0 saturated carbocycles. The Morgan fingerprint density at radius 2 is 2.08 bits per heavy atom. The molecular weight excluding hydrogens is 159 g/mol. The Morgan fingerprint density at radius 1 is 1.50 bits per heavy atom. The van der Waals surface area contributed by atoms with Gasteiger partial charge in [-0.15, -0.1) is 0 Å². The molecule has 0 heterocycles. The summed E-state index contributed by atoms with van der Waals surface area (Å²) in [5, 5.41) is 9.14. The summed E-state index contributed by atoms with van der Waals surface area (Å²) in [4.78, 5) is 10.6. The van der Waals surface area contributed by atoms with Crippen LogP contribution in [0.2, 0.25) is 0 Å². The summed E-state index contributed by atoms with van der Waals surface area (Å²) in [5.41, 5.74) is 0.0324. The number of rotatable bonds is 2. The number of phenols is 1. The number of Topliss-reactive ketones (excluding diaryl/α,β-unsaturated/α-hetero) is 1. The molecule has 1 rings (SSSR count). The lowest BCUT2D eigenvalue weighted by Crippen LogP contribution is -2.02. The predicted octanol–water partition coefficient (Wildman–Crippen LogP) is 1.99. The lowest BCUT2D eigenvalue weighted by atomic mass is 10.1. The van der Waals surface area contributed by atoms with Crippen LogP contribution in [0.3, 0.4) is 0 Å². The van der Waals surface area contributed by atoms with Crippen LogP contribution in [0.15, 0.2) is 24.3 Å². The van der Waals surface area contributed by atoms with Gasteiger partial charge < -0.3 is 5.11 Å². The molecule has 0 aliphatic rings. The van der Waals surface area contributed by atoms with Crippen molar-refractivity contribution in [3.05, 3.63) is 29.8 Å². The minimum absolute atomic E-state index is 0.0324. The van der Waals surface area contributed by atoms with Gasteiger partial charge in [0.05, 0.1) is 0 Å². The Hall–Kier alpha value is -1.38. The number of hydrogen-bond acceptors (Lipinski definition) is 2. The molecule has 0 radical (unpaired) electrons. The van der Waals surface area contributed by atoms with Crippen molar-refractivity contribution in [2.75, 3.05) is 0 Å². The summed E-state index contributed by atoms with van der Waals surface area (Å²) < 4.78 is 13.0. The molecule has 1 N–H and O–H groups in total. The summed E-state index contributed by atoms with van der Waals surface area (Å²) in [7, 11) is 0. The predicted molar refractivity (Wildman–Crippen MR) is 42.6 cm³/mol. The molecule has 12 heavy (non-hydrogen) atoms. The molecule has 0 aromatic heterocycles. The Bertz CT molecular complexity index is 296. The maximum Gasteiger partial charge on any atom is 0.186 e. The van der Waals surface area contributed by atoms with Crippen molar-refractivity contribution in [3.8, 4) is 5.75 Å². The highest BCUT2D eigenvalue weighted by atomic mass is 19.1. The zero-order valence-corrected chi connectivity index (χ0v) is 6.62. The first kappa shape index (κ1) is 8.71. The molecule has 0 aliphatic carbocycles. The molecule has 1 aromatic carbocycles. The third-order valence-electron chi connectivity index (χ3n) is 1.57. The quantitative estimate of drug-likeness (QED) is 0.733. The van der Waals surface area contributed by atoms with Crippen molar-refractivity contribution in [3.63, 3.8) is 0 Å². The average molecular weight is 168 g/mol. The number of para-hydroxylation sites is 1. The molecule has 0 bridgehead atoms. The standard InChI is InChI=1S/C9H9FO2/c1-6(11)9(10)7-4-2-3-5-8(7)12/h2-5,9,12H,1H3. The zero-order chi connectivity index (χ0) is 9.14. The van der Waals surface area contributed by atoms with E-state index in [0.717, 1.165) is 6.92 Å². The van der Waals surface area contributed by atoms with Crippen LogP contribution >= 0.6 is 0 Å². The largest absolute Gasteiger partial charge is 0.508 e. The molecule has 1 unspecified atom stereocenters. The summed E-state index contributed by atoms with van der Waals surface area (Å²) in [6.07, 6.45) is -1.72. The highest BCUT2D eigenvalue weighted by molar-refractivity contribution is 5.82. The number of benzene rings is 1. The molecule has 1 atom stereocenters. The number of ketones is 1. The molecule has 0 aliphatic heterocycles. The van der Waals surface area contributed by atoms with Gasteiger partial charge >= 0.3 is 0 Å². The van der Waals surface area contributed by atoms with Gasteiger partial charge in [-0.2, -0.15) is 0 Å². The van der Waals surface area contributed by atoms with E-state index in [-0.39, 0.29) is 11.3 Å². The Balaban J connectivity index is 3.02. The van der Waals surface area contributed by atoms with Crippen LogP contribution in [0.4, 0.5) is 4.39 Å².